The summed E-state index contributed by atoms with van der Waals surface area (Å²) in [6.45, 7) is 9.98. The van der Waals surface area contributed by atoms with Crippen molar-refractivity contribution in [1.29, 1.82) is 0 Å². The van der Waals surface area contributed by atoms with Crippen molar-refractivity contribution in [3.05, 3.63) is 60.2 Å². The van der Waals surface area contributed by atoms with Gasteiger partial charge in [-0.25, -0.2) is 8.42 Å². The SMILES string of the molecule is CC(=O)Nc1ccc(S(=O)(=O)N(CC(C)C)C[C@@H](O)[C@H](Cc2ccccc2)N(C(=O)[O-])C(C)(C)C)cc1. The van der Waals surface area contributed by atoms with Gasteiger partial charge in [0.05, 0.1) is 17.0 Å². The minimum absolute atomic E-state index is 0.00152. The van der Waals surface area contributed by atoms with Crippen molar-refractivity contribution < 1.29 is 28.2 Å². The molecule has 0 heterocycles. The fourth-order valence-corrected chi connectivity index (χ4v) is 5.85. The van der Waals surface area contributed by atoms with Gasteiger partial charge < -0.3 is 25.2 Å². The van der Waals surface area contributed by atoms with Crippen LogP contribution in [0.5, 0.6) is 0 Å². The van der Waals surface area contributed by atoms with E-state index >= 15 is 0 Å². The highest BCUT2D eigenvalue weighted by Gasteiger charge is 2.37. The number of nitrogens with zero attached hydrogens (tertiary/aromatic N) is 2. The van der Waals surface area contributed by atoms with Gasteiger partial charge in [-0.05, 0) is 62.9 Å². The molecule has 0 spiro atoms. The molecule has 0 fully saturated rings. The van der Waals surface area contributed by atoms with E-state index in [9.17, 15) is 28.2 Å². The predicted molar refractivity (Wildman–Crippen MR) is 141 cm³/mol. The molecule has 37 heavy (non-hydrogen) atoms. The average molecular weight is 533 g/mol. The first-order chi connectivity index (χ1) is 17.1. The third kappa shape index (κ3) is 8.55. The average Bonchev–Trinajstić information content (AvgIpc) is 2.77. The fourth-order valence-electron chi connectivity index (χ4n) is 4.23. The van der Waals surface area contributed by atoms with Gasteiger partial charge in [0.15, 0.2) is 0 Å². The zero-order valence-electron chi connectivity index (χ0n) is 22.3. The van der Waals surface area contributed by atoms with E-state index in [0.29, 0.717) is 5.69 Å². The molecule has 0 saturated heterocycles. The van der Waals surface area contributed by atoms with E-state index in [1.165, 1.54) is 35.5 Å². The van der Waals surface area contributed by atoms with Crippen LogP contribution in [0.4, 0.5) is 10.5 Å². The lowest BCUT2D eigenvalue weighted by molar-refractivity contribution is -0.275. The molecule has 204 valence electrons. The second-order valence-corrected chi connectivity index (χ2v) is 12.5. The molecule has 2 aromatic rings. The Morgan fingerprint density at radius 2 is 1.57 bits per heavy atom. The summed E-state index contributed by atoms with van der Waals surface area (Å²) in [7, 11) is -4.05. The van der Waals surface area contributed by atoms with Gasteiger partial charge in [0.1, 0.15) is 6.09 Å². The van der Waals surface area contributed by atoms with Gasteiger partial charge in [-0.15, -0.1) is 0 Å². The van der Waals surface area contributed by atoms with Crippen LogP contribution in [0.2, 0.25) is 0 Å². The number of nitrogens with one attached hydrogen (secondary N) is 1. The molecular formula is C27H38N3O6S-. The molecule has 0 aliphatic carbocycles. The van der Waals surface area contributed by atoms with Gasteiger partial charge in [0.2, 0.25) is 15.9 Å². The number of benzene rings is 2. The molecule has 0 aliphatic rings. The molecule has 2 amide bonds. The van der Waals surface area contributed by atoms with Gasteiger partial charge in [0, 0.05) is 31.2 Å². The number of amides is 2. The van der Waals surface area contributed by atoms with Crippen LogP contribution in [0.15, 0.2) is 59.5 Å². The molecule has 0 unspecified atom stereocenters. The first-order valence-electron chi connectivity index (χ1n) is 12.2. The number of carboxylic acid groups (broad SMARTS) is 1. The van der Waals surface area contributed by atoms with Crippen LogP contribution in [0.3, 0.4) is 0 Å². The molecular weight excluding hydrogens is 494 g/mol. The van der Waals surface area contributed by atoms with Gasteiger partial charge >= 0.3 is 0 Å². The van der Waals surface area contributed by atoms with Crippen molar-refractivity contribution in [2.75, 3.05) is 18.4 Å². The van der Waals surface area contributed by atoms with E-state index in [1.54, 1.807) is 20.8 Å². The normalized spacial score (nSPS) is 13.9. The Kier molecular flexibility index (Phi) is 10.3. The van der Waals surface area contributed by atoms with E-state index in [4.69, 9.17) is 0 Å². The number of anilines is 1. The smallest absolute Gasteiger partial charge is 0.243 e. The number of carbonyl (C=O) groups excluding carboxylic acids is 2. The van der Waals surface area contributed by atoms with Gasteiger partial charge in [-0.1, -0.05) is 44.2 Å². The summed E-state index contributed by atoms with van der Waals surface area (Å²) in [6.07, 6.45) is -2.61. The molecule has 0 saturated carbocycles. The molecule has 0 bridgehead atoms. The fraction of sp³-hybridized carbons (Fsp3) is 0.481. The van der Waals surface area contributed by atoms with E-state index in [2.05, 4.69) is 5.32 Å². The lowest BCUT2D eigenvalue weighted by atomic mass is 9.94. The summed E-state index contributed by atoms with van der Waals surface area (Å²) < 4.78 is 28.4. The number of aliphatic hydroxyl groups excluding tert-OH is 1. The second kappa shape index (κ2) is 12.5. The second-order valence-electron chi connectivity index (χ2n) is 10.6. The maximum atomic E-state index is 13.6. The summed E-state index contributed by atoms with van der Waals surface area (Å²) in [5.41, 5.74) is 0.356. The standard InChI is InChI=1S/C27H39N3O6S/c1-19(2)17-29(37(35,36)23-14-12-22(13-15-23)28-20(3)31)18-25(32)24(16-21-10-8-7-9-11-21)30(26(33)34)27(4,5)6/h7-15,19,24-25,32H,16-18H2,1-6H3,(H,28,31)(H,33,34)/p-1/t24-,25+/m0/s1. The maximum absolute atomic E-state index is 13.6. The van der Waals surface area contributed by atoms with Crippen molar-refractivity contribution >= 4 is 27.7 Å². The first kappa shape index (κ1) is 30.3. The molecule has 9 nitrogen and oxygen atoms in total. The maximum Gasteiger partial charge on any atom is 0.243 e. The molecule has 2 aromatic carbocycles. The molecule has 0 aromatic heterocycles. The summed E-state index contributed by atoms with van der Waals surface area (Å²) in [5.74, 6) is -0.339. The molecule has 2 N–H and O–H groups in total. The topological polar surface area (TPSA) is 130 Å². The number of hydrogen-bond acceptors (Lipinski definition) is 6. The summed E-state index contributed by atoms with van der Waals surface area (Å²) >= 11 is 0. The highest BCUT2D eigenvalue weighted by atomic mass is 32.2. The third-order valence-corrected chi connectivity index (χ3v) is 7.60. The summed E-state index contributed by atoms with van der Waals surface area (Å²) in [4.78, 5) is 24.6. The Morgan fingerprint density at radius 3 is 2.03 bits per heavy atom. The number of sulfonamides is 1. The Bertz CT molecular complexity index is 1140. The molecule has 0 aliphatic heterocycles. The Morgan fingerprint density at radius 1 is 1.00 bits per heavy atom. The van der Waals surface area contributed by atoms with Crippen LogP contribution in [-0.4, -0.2) is 65.5 Å². The molecule has 10 heteroatoms. The van der Waals surface area contributed by atoms with Crippen LogP contribution in [-0.2, 0) is 21.2 Å². The quantitative estimate of drug-likeness (QED) is 0.458. The van der Waals surface area contributed by atoms with E-state index < -0.39 is 33.8 Å². The zero-order chi connectivity index (χ0) is 28.0. The highest BCUT2D eigenvalue weighted by Crippen LogP contribution is 2.25. The number of aliphatic hydroxyl groups is 1. The zero-order valence-corrected chi connectivity index (χ0v) is 23.2. The minimum Gasteiger partial charge on any atom is -0.530 e. The van der Waals surface area contributed by atoms with Gasteiger partial charge in [0.25, 0.3) is 0 Å². The lowest BCUT2D eigenvalue weighted by Crippen LogP contribution is -2.62. The van der Waals surface area contributed by atoms with E-state index in [0.717, 1.165) is 10.5 Å². The van der Waals surface area contributed by atoms with Crippen molar-refractivity contribution in [3.8, 4) is 0 Å². The first-order valence-corrected chi connectivity index (χ1v) is 13.7. The van der Waals surface area contributed by atoms with E-state index in [1.807, 2.05) is 44.2 Å². The minimum atomic E-state index is -4.05. The number of rotatable bonds is 11. The van der Waals surface area contributed by atoms with E-state index in [-0.39, 0.29) is 36.2 Å². The van der Waals surface area contributed by atoms with Crippen molar-refractivity contribution in [3.63, 3.8) is 0 Å². The summed E-state index contributed by atoms with van der Waals surface area (Å²) in [5, 5.41) is 26.2. The Hall–Kier alpha value is -2.95. The molecule has 2 atom stereocenters. The van der Waals surface area contributed by atoms with Crippen molar-refractivity contribution in [2.45, 2.75) is 70.5 Å². The Labute approximate surface area is 220 Å². The van der Waals surface area contributed by atoms with Crippen LogP contribution in [0.25, 0.3) is 0 Å². The molecule has 0 radical (unpaired) electrons. The van der Waals surface area contributed by atoms with Gasteiger partial charge in [-0.2, -0.15) is 4.31 Å². The Balaban J connectivity index is 2.45. The van der Waals surface area contributed by atoms with Crippen LogP contribution >= 0.6 is 0 Å². The lowest BCUT2D eigenvalue weighted by Gasteiger charge is -2.46. The number of hydrogen-bond donors (Lipinski definition) is 2. The van der Waals surface area contributed by atoms with Crippen molar-refractivity contribution in [2.24, 2.45) is 5.92 Å². The summed E-state index contributed by atoms with van der Waals surface area (Å²) in [6, 6.07) is 13.9. The third-order valence-electron chi connectivity index (χ3n) is 5.75. The number of carbonyl (C=O) groups is 2. The molecule has 2 rings (SSSR count). The van der Waals surface area contributed by atoms with Crippen LogP contribution < -0.4 is 10.4 Å². The monoisotopic (exact) mass is 532 g/mol. The van der Waals surface area contributed by atoms with Crippen molar-refractivity contribution in [1.82, 2.24) is 9.21 Å². The van der Waals surface area contributed by atoms with Crippen LogP contribution in [0, 0.1) is 5.92 Å². The van der Waals surface area contributed by atoms with Gasteiger partial charge in [-0.3, -0.25) is 4.79 Å². The predicted octanol–water partition coefficient (Wildman–Crippen LogP) is 2.71. The van der Waals surface area contributed by atoms with Crippen LogP contribution in [0.1, 0.15) is 47.1 Å². The highest BCUT2D eigenvalue weighted by molar-refractivity contribution is 7.89. The largest absolute Gasteiger partial charge is 0.530 e.